The van der Waals surface area contributed by atoms with Gasteiger partial charge in [-0.05, 0) is 42.9 Å². The molecular weight excluding hydrogens is 436 g/mol. The van der Waals surface area contributed by atoms with E-state index in [4.69, 9.17) is 0 Å². The van der Waals surface area contributed by atoms with Crippen LogP contribution in [0.4, 0.5) is 0 Å². The second kappa shape index (κ2) is 20.4. The normalized spacial score (nSPS) is 11.1. The van der Waals surface area contributed by atoms with Gasteiger partial charge >= 0.3 is 11.9 Å². The minimum Gasteiger partial charge on any atom is -0.478 e. The van der Waals surface area contributed by atoms with Crippen LogP contribution in [0.5, 0.6) is 0 Å². The molecule has 1 rings (SSSR count). The summed E-state index contributed by atoms with van der Waals surface area (Å²) in [5.41, 5.74) is 1.73. The van der Waals surface area contributed by atoms with E-state index in [1.807, 2.05) is 6.07 Å². The van der Waals surface area contributed by atoms with E-state index in [9.17, 15) is 19.8 Å². The first kappa shape index (κ1) is 31.2. The van der Waals surface area contributed by atoms with Crippen LogP contribution < -0.4 is 0 Å². The first-order valence-corrected chi connectivity index (χ1v) is 14.6. The van der Waals surface area contributed by atoms with Gasteiger partial charge in [-0.3, -0.25) is 0 Å². The molecule has 0 heterocycles. The molecule has 0 spiro atoms. The average molecular weight is 489 g/mol. The van der Waals surface area contributed by atoms with Crippen molar-refractivity contribution in [1.82, 2.24) is 0 Å². The molecule has 0 aliphatic heterocycles. The largest absolute Gasteiger partial charge is 0.478 e. The van der Waals surface area contributed by atoms with E-state index >= 15 is 0 Å². The van der Waals surface area contributed by atoms with Crippen molar-refractivity contribution in [3.05, 3.63) is 34.4 Å². The number of carboxylic acid groups (broad SMARTS) is 2. The molecule has 0 atom stereocenters. The van der Waals surface area contributed by atoms with E-state index in [1.54, 1.807) is 0 Å². The highest BCUT2D eigenvalue weighted by Gasteiger charge is 2.22. The molecule has 0 amide bonds. The number of carbonyl (C=O) groups is 2. The fraction of sp³-hybridized carbons (Fsp3) is 0.742. The maximum atomic E-state index is 12.0. The average Bonchev–Trinajstić information content (AvgIpc) is 2.84. The number of aryl methyl sites for hydroxylation is 1. The highest BCUT2D eigenvalue weighted by Crippen LogP contribution is 2.25. The van der Waals surface area contributed by atoms with Crippen LogP contribution in [0.3, 0.4) is 0 Å². The molecule has 4 heteroatoms. The Balaban J connectivity index is 2.55. The number of hydrogen-bond acceptors (Lipinski definition) is 2. The molecule has 0 radical (unpaired) electrons. The molecule has 35 heavy (non-hydrogen) atoms. The van der Waals surface area contributed by atoms with Gasteiger partial charge in [0.2, 0.25) is 0 Å². The lowest BCUT2D eigenvalue weighted by Crippen LogP contribution is -2.14. The summed E-state index contributed by atoms with van der Waals surface area (Å²) in [4.78, 5) is 23.7. The number of carboxylic acids is 2. The Morgan fingerprint density at radius 2 is 0.943 bits per heavy atom. The summed E-state index contributed by atoms with van der Waals surface area (Å²) in [6, 6.07) is 3.36. The highest BCUT2D eigenvalue weighted by molar-refractivity contribution is 6.03. The van der Waals surface area contributed by atoms with Crippen molar-refractivity contribution in [2.24, 2.45) is 0 Å². The second-order valence-electron chi connectivity index (χ2n) is 10.2. The quantitative estimate of drug-likeness (QED) is 0.150. The first-order valence-electron chi connectivity index (χ1n) is 14.6. The monoisotopic (exact) mass is 488 g/mol. The molecule has 0 aliphatic carbocycles. The molecule has 0 unspecified atom stereocenters. The molecule has 0 saturated heterocycles. The maximum Gasteiger partial charge on any atom is 0.336 e. The Bertz CT molecular complexity index is 710. The zero-order valence-corrected chi connectivity index (χ0v) is 22.7. The molecule has 0 aromatic heterocycles. The fourth-order valence-electron chi connectivity index (χ4n) is 5.05. The van der Waals surface area contributed by atoms with Crippen molar-refractivity contribution in [2.45, 2.75) is 149 Å². The third-order valence-electron chi connectivity index (χ3n) is 7.18. The van der Waals surface area contributed by atoms with Crippen molar-refractivity contribution in [3.63, 3.8) is 0 Å². The Morgan fingerprint density at radius 1 is 0.543 bits per heavy atom. The number of benzene rings is 1. The molecule has 0 saturated carbocycles. The van der Waals surface area contributed by atoms with Crippen LogP contribution in [0.2, 0.25) is 0 Å². The van der Waals surface area contributed by atoms with E-state index in [0.717, 1.165) is 43.2 Å². The number of hydrogen-bond donors (Lipinski definition) is 2. The van der Waals surface area contributed by atoms with Crippen molar-refractivity contribution >= 4 is 11.9 Å². The minimum absolute atomic E-state index is 0.0154. The first-order chi connectivity index (χ1) is 17.0. The summed E-state index contributed by atoms with van der Waals surface area (Å²) < 4.78 is 0. The van der Waals surface area contributed by atoms with E-state index in [0.29, 0.717) is 6.42 Å². The maximum absolute atomic E-state index is 12.0. The third kappa shape index (κ3) is 13.7. The minimum atomic E-state index is -1.15. The lowest BCUT2D eigenvalue weighted by molar-refractivity contribution is 0.0650. The van der Waals surface area contributed by atoms with Crippen molar-refractivity contribution in [1.29, 1.82) is 0 Å². The van der Waals surface area contributed by atoms with Crippen LogP contribution in [0, 0.1) is 0 Å². The summed E-state index contributed by atoms with van der Waals surface area (Å²) in [6.45, 7) is 4.48. The Morgan fingerprint density at radius 3 is 1.34 bits per heavy atom. The van der Waals surface area contributed by atoms with Crippen molar-refractivity contribution in [2.75, 3.05) is 0 Å². The third-order valence-corrected chi connectivity index (χ3v) is 7.18. The van der Waals surface area contributed by atoms with Gasteiger partial charge in [0, 0.05) is 0 Å². The van der Waals surface area contributed by atoms with Crippen LogP contribution in [0.25, 0.3) is 0 Å². The molecule has 1 aromatic rings. The zero-order chi connectivity index (χ0) is 25.7. The van der Waals surface area contributed by atoms with Gasteiger partial charge in [0.15, 0.2) is 0 Å². The predicted octanol–water partition coefficient (Wildman–Crippen LogP) is 9.62. The Kier molecular flexibility index (Phi) is 18.1. The van der Waals surface area contributed by atoms with Gasteiger partial charge in [0.25, 0.3) is 0 Å². The van der Waals surface area contributed by atoms with Gasteiger partial charge in [-0.1, -0.05) is 129 Å². The lowest BCUT2D eigenvalue weighted by atomic mass is 9.89. The Hall–Kier alpha value is -1.84. The van der Waals surface area contributed by atoms with Gasteiger partial charge in [-0.25, -0.2) is 9.59 Å². The Labute approximate surface area is 214 Å². The van der Waals surface area contributed by atoms with Crippen LogP contribution in [-0.2, 0) is 12.8 Å². The molecule has 4 nitrogen and oxygen atoms in total. The molecule has 0 fully saturated rings. The summed E-state index contributed by atoms with van der Waals surface area (Å²) in [7, 11) is 0. The van der Waals surface area contributed by atoms with E-state index in [1.165, 1.54) is 102 Å². The van der Waals surface area contributed by atoms with Gasteiger partial charge in [0.1, 0.15) is 0 Å². The molecular formula is C31H52O4. The SMILES string of the molecule is CCCCCCCCCCCCCc1c(CCCCCCCCCC)ccc(C(=O)O)c1C(=O)O. The summed E-state index contributed by atoms with van der Waals surface area (Å²) in [5.74, 6) is -2.26. The van der Waals surface area contributed by atoms with E-state index < -0.39 is 11.9 Å². The number of rotatable bonds is 23. The van der Waals surface area contributed by atoms with Crippen LogP contribution in [0.15, 0.2) is 12.1 Å². The topological polar surface area (TPSA) is 74.6 Å². The van der Waals surface area contributed by atoms with Crippen LogP contribution in [0.1, 0.15) is 168 Å². The molecule has 200 valence electrons. The molecule has 2 N–H and O–H groups in total. The fourth-order valence-corrected chi connectivity index (χ4v) is 5.05. The van der Waals surface area contributed by atoms with Crippen molar-refractivity contribution in [3.8, 4) is 0 Å². The van der Waals surface area contributed by atoms with Gasteiger partial charge < -0.3 is 10.2 Å². The predicted molar refractivity (Wildman–Crippen MR) is 147 cm³/mol. The molecule has 0 bridgehead atoms. The van der Waals surface area contributed by atoms with E-state index in [-0.39, 0.29) is 11.1 Å². The molecule has 1 aromatic carbocycles. The molecule has 0 aliphatic rings. The second-order valence-corrected chi connectivity index (χ2v) is 10.2. The van der Waals surface area contributed by atoms with Crippen LogP contribution in [-0.4, -0.2) is 22.2 Å². The number of unbranched alkanes of at least 4 members (excludes halogenated alkanes) is 17. The summed E-state index contributed by atoms with van der Waals surface area (Å²) in [5, 5.41) is 19.4. The number of aromatic carboxylic acids is 2. The van der Waals surface area contributed by atoms with Gasteiger partial charge in [-0.2, -0.15) is 0 Å². The smallest absolute Gasteiger partial charge is 0.336 e. The van der Waals surface area contributed by atoms with Crippen molar-refractivity contribution < 1.29 is 19.8 Å². The summed E-state index contributed by atoms with van der Waals surface area (Å²) >= 11 is 0. The summed E-state index contributed by atoms with van der Waals surface area (Å²) in [6.07, 6.45) is 25.1. The zero-order valence-electron chi connectivity index (χ0n) is 22.7. The standard InChI is InChI=1S/C31H52O4/c1-3-5-7-9-11-13-14-15-17-19-21-23-27-26(22-20-18-16-12-10-8-6-4-2)24-25-28(30(32)33)29(27)31(34)35/h24-25H,3-23H2,1-2H3,(H,32,33)(H,34,35). The van der Waals surface area contributed by atoms with Gasteiger partial charge in [-0.15, -0.1) is 0 Å². The van der Waals surface area contributed by atoms with Gasteiger partial charge in [0.05, 0.1) is 11.1 Å². The lowest BCUT2D eigenvalue weighted by Gasteiger charge is -2.15. The van der Waals surface area contributed by atoms with E-state index in [2.05, 4.69) is 13.8 Å². The highest BCUT2D eigenvalue weighted by atomic mass is 16.4. The van der Waals surface area contributed by atoms with Crippen LogP contribution >= 0.6 is 0 Å².